The van der Waals surface area contributed by atoms with Crippen LogP contribution in [-0.2, 0) is 54.1 Å². The van der Waals surface area contributed by atoms with E-state index in [0.717, 1.165) is 106 Å². The molecule has 10 nitrogen and oxygen atoms in total. The third-order valence-electron chi connectivity index (χ3n) is 12.7. The zero-order valence-corrected chi connectivity index (χ0v) is 35.6. The van der Waals surface area contributed by atoms with Crippen LogP contribution in [0.4, 0.5) is 0 Å². The highest BCUT2D eigenvalue weighted by molar-refractivity contribution is 6.02. The molecule has 0 saturated carbocycles. The molecule has 2 aromatic carbocycles. The Morgan fingerprint density at radius 3 is 1.86 bits per heavy atom. The molecule has 310 valence electrons. The van der Waals surface area contributed by atoms with Crippen LogP contribution in [0.5, 0.6) is 0 Å². The summed E-state index contributed by atoms with van der Waals surface area (Å²) < 4.78 is 9.05. The molecule has 59 heavy (non-hydrogen) atoms. The molecule has 2 atom stereocenters. The van der Waals surface area contributed by atoms with Gasteiger partial charge >= 0.3 is 11.9 Å². The molecule has 0 saturated heterocycles. The summed E-state index contributed by atoms with van der Waals surface area (Å²) in [5.74, 6) is -3.22. The summed E-state index contributed by atoms with van der Waals surface area (Å²) >= 11 is 0. The topological polar surface area (TPSA) is 139 Å². The fourth-order valence-electron chi connectivity index (χ4n) is 9.79. The Labute approximate surface area is 346 Å². The van der Waals surface area contributed by atoms with Crippen LogP contribution >= 0.6 is 0 Å². The van der Waals surface area contributed by atoms with Gasteiger partial charge in [-0.1, -0.05) is 73.0 Å². The number of H-pyrrole nitrogens is 1. The Balaban J connectivity index is 0.000000179. The van der Waals surface area contributed by atoms with E-state index in [-0.39, 0.29) is 5.56 Å². The lowest BCUT2D eigenvalue weighted by molar-refractivity contribution is -0.140. The number of aromatic amines is 1. The molecule has 0 aliphatic heterocycles. The molecule has 6 aromatic rings. The van der Waals surface area contributed by atoms with Gasteiger partial charge in [0, 0.05) is 66.8 Å². The van der Waals surface area contributed by atoms with E-state index in [4.69, 9.17) is 9.72 Å². The lowest BCUT2D eigenvalue weighted by Gasteiger charge is -2.21. The first kappa shape index (κ1) is 41.7. The highest BCUT2D eigenvalue weighted by Crippen LogP contribution is 2.43. The average molecular weight is 799 g/mol. The lowest BCUT2D eigenvalue weighted by Crippen LogP contribution is -2.29. The summed E-state index contributed by atoms with van der Waals surface area (Å²) in [6.07, 6.45) is 10.2. The second kappa shape index (κ2) is 17.4. The van der Waals surface area contributed by atoms with Gasteiger partial charge in [-0.05, 0) is 118 Å². The highest BCUT2D eigenvalue weighted by Gasteiger charge is 2.33. The van der Waals surface area contributed by atoms with E-state index >= 15 is 0 Å². The molecule has 2 unspecified atom stereocenters. The molecule has 8 rings (SSSR count). The maximum Gasteiger partial charge on any atom is 0.311 e. The van der Waals surface area contributed by atoms with Crippen LogP contribution in [-0.4, -0.2) is 55.0 Å². The number of methoxy groups -OCH3 is 1. The minimum atomic E-state index is -0.925. The van der Waals surface area contributed by atoms with Crippen LogP contribution < -0.4 is 5.56 Å². The summed E-state index contributed by atoms with van der Waals surface area (Å²) in [5, 5.41) is 22.3. The Hall–Kier alpha value is -5.48. The second-order valence-electron chi connectivity index (χ2n) is 16.6. The van der Waals surface area contributed by atoms with E-state index in [2.05, 4.69) is 40.7 Å². The van der Waals surface area contributed by atoms with Crippen molar-refractivity contribution in [2.24, 2.45) is 14.1 Å². The number of carbonyl (C=O) groups is 2. The molecule has 0 bridgehead atoms. The van der Waals surface area contributed by atoms with Crippen molar-refractivity contribution in [1.82, 2.24) is 19.1 Å². The van der Waals surface area contributed by atoms with E-state index < -0.39 is 23.8 Å². The number of carboxylic acid groups (broad SMARTS) is 2. The van der Waals surface area contributed by atoms with Gasteiger partial charge in [-0.3, -0.25) is 19.0 Å². The van der Waals surface area contributed by atoms with Crippen LogP contribution in [0.2, 0.25) is 0 Å². The third-order valence-corrected chi connectivity index (χ3v) is 12.7. The fourth-order valence-corrected chi connectivity index (χ4v) is 9.79. The van der Waals surface area contributed by atoms with Crippen LogP contribution in [0.25, 0.3) is 44.3 Å². The van der Waals surface area contributed by atoms with Gasteiger partial charge in [0.15, 0.2) is 0 Å². The number of pyridine rings is 2. The normalized spacial score (nSPS) is 14.7. The van der Waals surface area contributed by atoms with Gasteiger partial charge < -0.3 is 24.5 Å². The molecule has 0 radical (unpaired) electrons. The maximum atomic E-state index is 13.6. The molecule has 10 heteroatoms. The molecule has 4 heterocycles. The second-order valence-corrected chi connectivity index (χ2v) is 16.6. The average Bonchev–Trinajstić information content (AvgIpc) is 3.74. The number of hydrogen-bond acceptors (Lipinski definition) is 5. The molecule has 2 aliphatic carbocycles. The van der Waals surface area contributed by atoms with E-state index in [1.54, 1.807) is 18.7 Å². The summed E-state index contributed by atoms with van der Waals surface area (Å²) in [4.78, 5) is 46.5. The van der Waals surface area contributed by atoms with Crippen molar-refractivity contribution in [1.29, 1.82) is 0 Å². The largest absolute Gasteiger partial charge is 0.481 e. The number of aliphatic carboxylic acids is 2. The summed E-state index contributed by atoms with van der Waals surface area (Å²) in [5.41, 5.74) is 14.9. The number of ether oxygens (including phenoxy) is 1. The standard InChI is InChI=1S/C25H30N2O3.C24H28N2O3/c1-5-8-18(25(29)30)22-20(16-13-11-15(2)12-14-16)21-17-9-6-7-10-19(17)26(3)23(21)27(4)24(22)28;1-14-8-10-16(11-9-14)21-20(18(24(27)28)12-13-29-3)15(2)25-23-22(21)17-6-4-5-7-19(17)26-23/h11-14,18H,5-10H2,1-4H3,(H,29,30);8-11,18H,4-7,12-13H2,1-3H3,(H,25,26)(H,27,28). The SMILES string of the molecule is CCCC(C(=O)O)c1c(-c2ccc(C)cc2)c2c3c(n(C)c2n(C)c1=O)CCCC3.COCCC(C(=O)O)c1c(C)nc2[nH]c3c(c2c1-c1ccc(C)cc1)CCCC3. The van der Waals surface area contributed by atoms with Crippen molar-refractivity contribution in [3.8, 4) is 22.3 Å². The van der Waals surface area contributed by atoms with Gasteiger partial charge in [-0.2, -0.15) is 0 Å². The Kier molecular flexibility index (Phi) is 12.3. The number of nitrogens with one attached hydrogen (secondary N) is 1. The summed E-state index contributed by atoms with van der Waals surface area (Å²) in [6.45, 7) is 8.39. The Morgan fingerprint density at radius 2 is 1.29 bits per heavy atom. The van der Waals surface area contributed by atoms with E-state index in [1.807, 2.05) is 52.1 Å². The Morgan fingerprint density at radius 1 is 0.746 bits per heavy atom. The number of nitrogens with zero attached hydrogens (tertiary/aromatic N) is 3. The number of benzene rings is 2. The molecular formula is C49H58N4O6. The van der Waals surface area contributed by atoms with Crippen LogP contribution in [0.1, 0.15) is 114 Å². The van der Waals surface area contributed by atoms with Crippen molar-refractivity contribution in [2.45, 2.75) is 110 Å². The van der Waals surface area contributed by atoms with E-state index in [1.165, 1.54) is 34.5 Å². The molecule has 0 fully saturated rings. The first-order valence-corrected chi connectivity index (χ1v) is 21.2. The summed E-state index contributed by atoms with van der Waals surface area (Å²) in [7, 11) is 5.42. The lowest BCUT2D eigenvalue weighted by atomic mass is 9.84. The van der Waals surface area contributed by atoms with Gasteiger partial charge in [0.25, 0.3) is 5.56 Å². The number of hydrogen-bond donors (Lipinski definition) is 3. The van der Waals surface area contributed by atoms with Crippen molar-refractivity contribution < 1.29 is 24.5 Å². The number of aryl methyl sites for hydroxylation is 8. The van der Waals surface area contributed by atoms with Crippen molar-refractivity contribution >= 4 is 34.0 Å². The zero-order chi connectivity index (χ0) is 42.1. The molecule has 3 N–H and O–H groups in total. The third kappa shape index (κ3) is 7.75. The first-order valence-electron chi connectivity index (χ1n) is 21.2. The van der Waals surface area contributed by atoms with Gasteiger partial charge in [0.05, 0.1) is 11.8 Å². The predicted molar refractivity (Wildman–Crippen MR) is 235 cm³/mol. The quantitative estimate of drug-likeness (QED) is 0.119. The highest BCUT2D eigenvalue weighted by atomic mass is 16.5. The van der Waals surface area contributed by atoms with Crippen LogP contribution in [0.3, 0.4) is 0 Å². The molecule has 4 aromatic heterocycles. The monoisotopic (exact) mass is 798 g/mol. The number of rotatable bonds is 11. The van der Waals surface area contributed by atoms with Crippen molar-refractivity contribution in [3.05, 3.63) is 109 Å². The minimum absolute atomic E-state index is 0.197. The van der Waals surface area contributed by atoms with E-state index in [0.29, 0.717) is 31.4 Å². The van der Waals surface area contributed by atoms with Gasteiger partial charge in [-0.15, -0.1) is 0 Å². The zero-order valence-electron chi connectivity index (χ0n) is 35.6. The van der Waals surface area contributed by atoms with Crippen molar-refractivity contribution in [3.63, 3.8) is 0 Å². The first-order chi connectivity index (χ1) is 28.4. The number of fused-ring (bicyclic) bond motifs is 6. The van der Waals surface area contributed by atoms with Gasteiger partial charge in [0.2, 0.25) is 0 Å². The molecular weight excluding hydrogens is 741 g/mol. The molecule has 0 amide bonds. The molecule has 2 aliphatic rings. The van der Waals surface area contributed by atoms with E-state index in [9.17, 15) is 24.6 Å². The van der Waals surface area contributed by atoms with Gasteiger partial charge in [0.1, 0.15) is 11.3 Å². The minimum Gasteiger partial charge on any atom is -0.481 e. The summed E-state index contributed by atoms with van der Waals surface area (Å²) in [6, 6.07) is 16.5. The number of aromatic nitrogens is 4. The molecule has 0 spiro atoms. The van der Waals surface area contributed by atoms with Crippen LogP contribution in [0, 0.1) is 20.8 Å². The smallest absolute Gasteiger partial charge is 0.311 e. The van der Waals surface area contributed by atoms with Crippen molar-refractivity contribution in [2.75, 3.05) is 13.7 Å². The fraction of sp³-hybridized carbons (Fsp3) is 0.429. The number of carboxylic acids is 2. The van der Waals surface area contributed by atoms with Crippen LogP contribution in [0.15, 0.2) is 53.3 Å². The van der Waals surface area contributed by atoms with Gasteiger partial charge in [-0.25, -0.2) is 4.98 Å². The maximum absolute atomic E-state index is 13.6. The predicted octanol–water partition coefficient (Wildman–Crippen LogP) is 9.63. The Bertz CT molecular complexity index is 2590.